The minimum absolute atomic E-state index is 0.0122. The van der Waals surface area contributed by atoms with Gasteiger partial charge in [0.25, 0.3) is 5.91 Å². The van der Waals surface area contributed by atoms with E-state index >= 15 is 0 Å². The van der Waals surface area contributed by atoms with E-state index < -0.39 is 33.2 Å². The number of benzene rings is 2. The number of nitrogens with zero attached hydrogens (tertiary/aromatic N) is 1. The number of alkyl halides is 3. The van der Waals surface area contributed by atoms with Gasteiger partial charge in [-0.25, -0.2) is 12.7 Å². The highest BCUT2D eigenvalue weighted by molar-refractivity contribution is 7.89. The van der Waals surface area contributed by atoms with E-state index in [1.165, 1.54) is 45.5 Å². The highest BCUT2D eigenvalue weighted by atomic mass is 32.2. The Bertz CT molecular complexity index is 957. The van der Waals surface area contributed by atoms with Gasteiger partial charge in [0.2, 0.25) is 10.0 Å². The van der Waals surface area contributed by atoms with Crippen LogP contribution in [0.1, 0.15) is 15.9 Å². The Kier molecular flexibility index (Phi) is 5.81. The third-order valence-corrected chi connectivity index (χ3v) is 5.49. The topological polar surface area (TPSA) is 75.7 Å². The van der Waals surface area contributed by atoms with E-state index in [0.29, 0.717) is 0 Å². The van der Waals surface area contributed by atoms with Crippen LogP contribution in [0.2, 0.25) is 0 Å². The van der Waals surface area contributed by atoms with E-state index in [1.54, 1.807) is 0 Å². The summed E-state index contributed by atoms with van der Waals surface area (Å²) in [6.07, 6.45) is -4.70. The summed E-state index contributed by atoms with van der Waals surface area (Å²) >= 11 is 0. The monoisotopic (exact) mass is 402 g/mol. The molecular formula is C17H17F3N2O4S. The van der Waals surface area contributed by atoms with Gasteiger partial charge in [0.15, 0.2) is 0 Å². The molecule has 27 heavy (non-hydrogen) atoms. The molecule has 2 aromatic carbocycles. The number of amides is 1. The predicted octanol–water partition coefficient (Wildman–Crippen LogP) is 3.22. The second kappa shape index (κ2) is 7.57. The SMILES string of the molecule is COc1ccc(NC(=O)c2ccccc2C(F)(F)F)cc1S(=O)(=O)N(C)C. The summed E-state index contributed by atoms with van der Waals surface area (Å²) in [6.45, 7) is 0. The molecule has 0 unspecified atom stereocenters. The minimum Gasteiger partial charge on any atom is -0.495 e. The maximum atomic E-state index is 13.1. The van der Waals surface area contributed by atoms with E-state index in [4.69, 9.17) is 4.74 Å². The molecule has 1 amide bonds. The molecule has 2 rings (SSSR count). The number of carbonyl (C=O) groups is 1. The van der Waals surface area contributed by atoms with E-state index in [2.05, 4.69) is 5.32 Å². The fourth-order valence-electron chi connectivity index (χ4n) is 2.28. The maximum Gasteiger partial charge on any atom is 0.417 e. The molecule has 0 bridgehead atoms. The number of hydrogen-bond donors (Lipinski definition) is 1. The first-order valence-electron chi connectivity index (χ1n) is 7.56. The molecule has 0 aliphatic heterocycles. The summed E-state index contributed by atoms with van der Waals surface area (Å²) in [6, 6.07) is 8.09. The summed E-state index contributed by atoms with van der Waals surface area (Å²) in [7, 11) is 0.0208. The molecule has 2 aromatic rings. The molecule has 0 aliphatic rings. The van der Waals surface area contributed by atoms with E-state index in [1.807, 2.05) is 0 Å². The Hall–Kier alpha value is -2.59. The molecule has 0 spiro atoms. The van der Waals surface area contributed by atoms with Crippen molar-refractivity contribution in [1.29, 1.82) is 0 Å². The number of halogens is 3. The van der Waals surface area contributed by atoms with Crippen LogP contribution in [-0.2, 0) is 16.2 Å². The molecule has 1 N–H and O–H groups in total. The van der Waals surface area contributed by atoms with Gasteiger partial charge < -0.3 is 10.1 Å². The van der Waals surface area contributed by atoms with Crippen LogP contribution in [0.15, 0.2) is 47.4 Å². The summed E-state index contributed by atoms with van der Waals surface area (Å²) in [5.74, 6) is -0.973. The highest BCUT2D eigenvalue weighted by Crippen LogP contribution is 2.33. The van der Waals surface area contributed by atoms with Crippen molar-refractivity contribution in [2.24, 2.45) is 0 Å². The molecule has 6 nitrogen and oxygen atoms in total. The first-order chi connectivity index (χ1) is 12.5. The van der Waals surface area contributed by atoms with Crippen molar-refractivity contribution >= 4 is 21.6 Å². The lowest BCUT2D eigenvalue weighted by Gasteiger charge is -2.16. The van der Waals surface area contributed by atoms with E-state index in [0.717, 1.165) is 22.5 Å². The third-order valence-electron chi connectivity index (χ3n) is 3.66. The lowest BCUT2D eigenvalue weighted by atomic mass is 10.1. The van der Waals surface area contributed by atoms with Crippen LogP contribution in [0.3, 0.4) is 0 Å². The molecule has 0 atom stereocenters. The number of anilines is 1. The molecule has 0 saturated carbocycles. The van der Waals surface area contributed by atoms with Gasteiger partial charge in [0.05, 0.1) is 18.2 Å². The number of hydrogen-bond acceptors (Lipinski definition) is 4. The molecule has 0 fully saturated rings. The number of carbonyl (C=O) groups excluding carboxylic acids is 1. The van der Waals surface area contributed by atoms with Gasteiger partial charge in [-0.2, -0.15) is 13.2 Å². The van der Waals surface area contributed by atoms with Crippen molar-refractivity contribution in [3.8, 4) is 5.75 Å². The Morgan fingerprint density at radius 1 is 1.11 bits per heavy atom. The van der Waals surface area contributed by atoms with Gasteiger partial charge >= 0.3 is 6.18 Å². The summed E-state index contributed by atoms with van der Waals surface area (Å²) in [5.41, 5.74) is -1.65. The zero-order valence-corrected chi connectivity index (χ0v) is 15.5. The van der Waals surface area contributed by atoms with Crippen LogP contribution in [-0.4, -0.2) is 39.8 Å². The van der Waals surface area contributed by atoms with Gasteiger partial charge in [0, 0.05) is 19.8 Å². The zero-order chi connectivity index (χ0) is 20.4. The van der Waals surface area contributed by atoms with Crippen LogP contribution < -0.4 is 10.1 Å². The van der Waals surface area contributed by atoms with Crippen molar-refractivity contribution in [3.63, 3.8) is 0 Å². The van der Waals surface area contributed by atoms with Crippen LogP contribution >= 0.6 is 0 Å². The second-order valence-corrected chi connectivity index (χ2v) is 7.77. The molecule has 10 heteroatoms. The largest absolute Gasteiger partial charge is 0.495 e. The Labute approximate surface area is 154 Å². The number of rotatable bonds is 5. The second-order valence-electron chi connectivity index (χ2n) is 5.65. The van der Waals surface area contributed by atoms with Crippen molar-refractivity contribution in [2.45, 2.75) is 11.1 Å². The normalized spacial score (nSPS) is 12.1. The van der Waals surface area contributed by atoms with Gasteiger partial charge in [-0.1, -0.05) is 12.1 Å². The molecule has 0 saturated heterocycles. The average Bonchev–Trinajstić information content (AvgIpc) is 2.60. The Morgan fingerprint density at radius 2 is 1.74 bits per heavy atom. The lowest BCUT2D eigenvalue weighted by Crippen LogP contribution is -2.23. The van der Waals surface area contributed by atoms with E-state index in [-0.39, 0.29) is 16.3 Å². The van der Waals surface area contributed by atoms with Crippen LogP contribution in [0, 0.1) is 0 Å². The summed E-state index contributed by atoms with van der Waals surface area (Å²) < 4.78 is 70.0. The van der Waals surface area contributed by atoms with E-state index in [9.17, 15) is 26.4 Å². The Balaban J connectivity index is 2.44. The molecule has 0 aliphatic carbocycles. The lowest BCUT2D eigenvalue weighted by molar-refractivity contribution is -0.137. The first-order valence-corrected chi connectivity index (χ1v) is 9.00. The molecular weight excluding hydrogens is 385 g/mol. The number of nitrogens with one attached hydrogen (secondary N) is 1. The van der Waals surface area contributed by atoms with Gasteiger partial charge in [-0.3, -0.25) is 4.79 Å². The third kappa shape index (κ3) is 4.40. The molecule has 0 radical (unpaired) electrons. The fourth-order valence-corrected chi connectivity index (χ4v) is 3.35. The quantitative estimate of drug-likeness (QED) is 0.833. The van der Waals surface area contributed by atoms with Crippen LogP contribution in [0.5, 0.6) is 5.75 Å². The van der Waals surface area contributed by atoms with Crippen molar-refractivity contribution in [1.82, 2.24) is 4.31 Å². The Morgan fingerprint density at radius 3 is 2.30 bits per heavy atom. The smallest absolute Gasteiger partial charge is 0.417 e. The van der Waals surface area contributed by atoms with Crippen molar-refractivity contribution < 1.29 is 31.1 Å². The standard InChI is InChI=1S/C17H17F3N2O4S/c1-22(2)27(24,25)15-10-11(8-9-14(15)26-3)21-16(23)12-6-4-5-7-13(12)17(18,19)20/h4-10H,1-3H3,(H,21,23). The number of sulfonamides is 1. The molecule has 146 valence electrons. The highest BCUT2D eigenvalue weighted by Gasteiger charge is 2.35. The predicted molar refractivity (Wildman–Crippen MR) is 93.3 cm³/mol. The van der Waals surface area contributed by atoms with Gasteiger partial charge in [0.1, 0.15) is 10.6 Å². The number of ether oxygens (including phenoxy) is 1. The van der Waals surface area contributed by atoms with Gasteiger partial charge in [-0.15, -0.1) is 0 Å². The average molecular weight is 402 g/mol. The minimum atomic E-state index is -4.70. The van der Waals surface area contributed by atoms with Gasteiger partial charge in [-0.05, 0) is 30.3 Å². The van der Waals surface area contributed by atoms with Crippen molar-refractivity contribution in [2.75, 3.05) is 26.5 Å². The maximum absolute atomic E-state index is 13.1. The zero-order valence-electron chi connectivity index (χ0n) is 14.7. The fraction of sp³-hybridized carbons (Fsp3) is 0.235. The summed E-state index contributed by atoms with van der Waals surface area (Å²) in [5, 5.41) is 2.30. The first kappa shape index (κ1) is 20.7. The number of methoxy groups -OCH3 is 1. The van der Waals surface area contributed by atoms with Crippen LogP contribution in [0.25, 0.3) is 0 Å². The molecule has 0 aromatic heterocycles. The van der Waals surface area contributed by atoms with Crippen LogP contribution in [0.4, 0.5) is 18.9 Å². The summed E-state index contributed by atoms with van der Waals surface area (Å²) in [4.78, 5) is 12.1. The van der Waals surface area contributed by atoms with Crippen molar-refractivity contribution in [3.05, 3.63) is 53.6 Å². The molecule has 0 heterocycles.